The zero-order valence-electron chi connectivity index (χ0n) is 12.5. The molecule has 0 aliphatic rings. The Bertz CT molecular complexity index is 261. The second kappa shape index (κ2) is 10.6. The molecule has 112 valence electrons. The highest BCUT2D eigenvalue weighted by Gasteiger charge is 2.16. The van der Waals surface area contributed by atoms with Gasteiger partial charge in [-0.1, -0.05) is 26.7 Å². The van der Waals surface area contributed by atoms with E-state index < -0.39 is 5.97 Å². The molecule has 0 bridgehead atoms. The summed E-state index contributed by atoms with van der Waals surface area (Å²) in [6.45, 7) is 6.30. The zero-order valence-corrected chi connectivity index (χ0v) is 12.5. The van der Waals surface area contributed by atoms with Crippen LogP contribution in [0, 0.1) is 0 Å². The molecule has 5 heteroatoms. The van der Waals surface area contributed by atoms with Crippen LogP contribution in [0.1, 0.15) is 52.4 Å². The van der Waals surface area contributed by atoms with Gasteiger partial charge in [0, 0.05) is 33.1 Å². The molecule has 2 amide bonds. The largest absolute Gasteiger partial charge is 0.481 e. The first-order chi connectivity index (χ1) is 9.02. The summed E-state index contributed by atoms with van der Waals surface area (Å²) in [4.78, 5) is 26.2. The number of amides is 2. The molecule has 0 unspecified atom stereocenters. The van der Waals surface area contributed by atoms with Gasteiger partial charge < -0.3 is 14.9 Å². The predicted octanol–water partition coefficient (Wildman–Crippen LogP) is 2.81. The average molecular weight is 272 g/mol. The minimum Gasteiger partial charge on any atom is -0.481 e. The highest BCUT2D eigenvalue weighted by atomic mass is 16.4. The molecule has 5 nitrogen and oxygen atoms in total. The number of aliphatic carboxylic acids is 1. The van der Waals surface area contributed by atoms with Gasteiger partial charge in [-0.25, -0.2) is 4.79 Å². The van der Waals surface area contributed by atoms with Crippen molar-refractivity contribution in [2.75, 3.05) is 26.7 Å². The molecule has 0 radical (unpaired) electrons. The summed E-state index contributed by atoms with van der Waals surface area (Å²) in [6, 6.07) is 0.0206. The minimum atomic E-state index is -0.810. The lowest BCUT2D eigenvalue weighted by Crippen LogP contribution is -2.42. The van der Waals surface area contributed by atoms with Crippen LogP contribution in [-0.4, -0.2) is 53.6 Å². The summed E-state index contributed by atoms with van der Waals surface area (Å²) < 4.78 is 0. The Morgan fingerprint density at radius 2 is 1.47 bits per heavy atom. The maximum Gasteiger partial charge on any atom is 0.319 e. The fourth-order valence-electron chi connectivity index (χ4n) is 1.81. The quantitative estimate of drug-likeness (QED) is 0.665. The lowest BCUT2D eigenvalue weighted by Gasteiger charge is -2.28. The number of carbonyl (C=O) groups excluding carboxylic acids is 1. The highest BCUT2D eigenvalue weighted by molar-refractivity contribution is 5.74. The Morgan fingerprint density at radius 1 is 0.947 bits per heavy atom. The molecule has 0 heterocycles. The maximum atomic E-state index is 12.2. The van der Waals surface area contributed by atoms with Crippen LogP contribution in [0.15, 0.2) is 0 Å². The number of hydrogen-bond donors (Lipinski definition) is 1. The first-order valence-electron chi connectivity index (χ1n) is 7.24. The molecule has 0 atom stereocenters. The number of hydrogen-bond acceptors (Lipinski definition) is 2. The van der Waals surface area contributed by atoms with E-state index in [9.17, 15) is 9.59 Å². The van der Waals surface area contributed by atoms with E-state index in [1.54, 1.807) is 11.9 Å². The number of unbranched alkanes of at least 4 members (excludes halogenated alkanes) is 2. The summed E-state index contributed by atoms with van der Waals surface area (Å²) in [5, 5.41) is 8.59. The van der Waals surface area contributed by atoms with Gasteiger partial charge in [-0.05, 0) is 19.3 Å². The fourth-order valence-corrected chi connectivity index (χ4v) is 1.81. The molecule has 0 aromatic rings. The third kappa shape index (κ3) is 8.46. The molecule has 0 aromatic heterocycles. The Labute approximate surface area is 116 Å². The molecule has 0 saturated carbocycles. The molecule has 19 heavy (non-hydrogen) atoms. The number of rotatable bonds is 10. The Kier molecular flexibility index (Phi) is 9.94. The van der Waals surface area contributed by atoms with Crippen molar-refractivity contribution in [1.29, 1.82) is 0 Å². The van der Waals surface area contributed by atoms with Crippen molar-refractivity contribution in [3.63, 3.8) is 0 Å². The van der Waals surface area contributed by atoms with Crippen LogP contribution >= 0.6 is 0 Å². The van der Waals surface area contributed by atoms with E-state index in [1.807, 2.05) is 4.90 Å². The van der Waals surface area contributed by atoms with E-state index in [0.29, 0.717) is 13.0 Å². The smallest absolute Gasteiger partial charge is 0.319 e. The van der Waals surface area contributed by atoms with Gasteiger partial charge in [-0.3, -0.25) is 4.79 Å². The van der Waals surface area contributed by atoms with Crippen LogP contribution in [-0.2, 0) is 4.79 Å². The van der Waals surface area contributed by atoms with Gasteiger partial charge in [-0.2, -0.15) is 0 Å². The van der Waals surface area contributed by atoms with E-state index >= 15 is 0 Å². The number of carbonyl (C=O) groups is 2. The van der Waals surface area contributed by atoms with Gasteiger partial charge in [0.2, 0.25) is 0 Å². The molecule has 0 aliphatic carbocycles. The lowest BCUT2D eigenvalue weighted by atomic mass is 10.2. The summed E-state index contributed by atoms with van der Waals surface area (Å²) in [6.07, 6.45) is 4.78. The first-order valence-corrected chi connectivity index (χ1v) is 7.24. The third-order valence-electron chi connectivity index (χ3n) is 3.04. The second-order valence-corrected chi connectivity index (χ2v) is 4.90. The molecular formula is C14H28N2O3. The lowest BCUT2D eigenvalue weighted by molar-refractivity contribution is -0.137. The van der Waals surface area contributed by atoms with Crippen LogP contribution in [0.2, 0.25) is 0 Å². The predicted molar refractivity (Wildman–Crippen MR) is 76.3 cm³/mol. The SMILES string of the molecule is CCCCN(CCCC)C(=O)N(C)CCCC(=O)O. The van der Waals surface area contributed by atoms with Crippen molar-refractivity contribution in [3.8, 4) is 0 Å². The third-order valence-corrected chi connectivity index (χ3v) is 3.04. The zero-order chi connectivity index (χ0) is 14.7. The Hall–Kier alpha value is -1.26. The van der Waals surface area contributed by atoms with E-state index in [1.165, 1.54) is 0 Å². The fraction of sp³-hybridized carbons (Fsp3) is 0.857. The Morgan fingerprint density at radius 3 is 1.89 bits per heavy atom. The van der Waals surface area contributed by atoms with Crippen LogP contribution < -0.4 is 0 Å². The van der Waals surface area contributed by atoms with Crippen molar-refractivity contribution < 1.29 is 14.7 Å². The molecule has 0 rings (SSSR count). The summed E-state index contributed by atoms with van der Waals surface area (Å²) in [5.74, 6) is -0.810. The maximum absolute atomic E-state index is 12.2. The van der Waals surface area contributed by atoms with Gasteiger partial charge in [0.1, 0.15) is 0 Å². The normalized spacial score (nSPS) is 10.3. The number of carboxylic acids is 1. The molecule has 0 saturated heterocycles. The molecule has 0 aromatic carbocycles. The van der Waals surface area contributed by atoms with Crippen LogP contribution in [0.5, 0.6) is 0 Å². The second-order valence-electron chi connectivity index (χ2n) is 4.90. The molecule has 0 aliphatic heterocycles. The highest BCUT2D eigenvalue weighted by Crippen LogP contribution is 2.04. The topological polar surface area (TPSA) is 60.9 Å². The van der Waals surface area contributed by atoms with E-state index in [2.05, 4.69) is 13.8 Å². The van der Waals surface area contributed by atoms with Crippen molar-refractivity contribution in [1.82, 2.24) is 9.80 Å². The van der Waals surface area contributed by atoms with Gasteiger partial charge in [-0.15, -0.1) is 0 Å². The summed E-state index contributed by atoms with van der Waals surface area (Å²) in [7, 11) is 1.75. The van der Waals surface area contributed by atoms with Crippen LogP contribution in [0.4, 0.5) is 4.79 Å². The van der Waals surface area contributed by atoms with Gasteiger partial charge in [0.05, 0.1) is 0 Å². The molecule has 0 spiro atoms. The monoisotopic (exact) mass is 272 g/mol. The minimum absolute atomic E-state index is 0.0206. The molecule has 1 N–H and O–H groups in total. The van der Waals surface area contributed by atoms with Gasteiger partial charge >= 0.3 is 12.0 Å². The molecule has 0 fully saturated rings. The van der Waals surface area contributed by atoms with Gasteiger partial charge in [0.25, 0.3) is 0 Å². The summed E-state index contributed by atoms with van der Waals surface area (Å²) >= 11 is 0. The van der Waals surface area contributed by atoms with Crippen LogP contribution in [0.3, 0.4) is 0 Å². The van der Waals surface area contributed by atoms with Crippen molar-refractivity contribution in [2.24, 2.45) is 0 Å². The first kappa shape index (κ1) is 17.7. The van der Waals surface area contributed by atoms with E-state index in [-0.39, 0.29) is 12.5 Å². The summed E-state index contributed by atoms with van der Waals surface area (Å²) in [5.41, 5.74) is 0. The number of urea groups is 1. The number of carboxylic acid groups (broad SMARTS) is 1. The van der Waals surface area contributed by atoms with E-state index in [0.717, 1.165) is 38.8 Å². The average Bonchev–Trinajstić information content (AvgIpc) is 2.37. The van der Waals surface area contributed by atoms with E-state index in [4.69, 9.17) is 5.11 Å². The number of nitrogens with zero attached hydrogens (tertiary/aromatic N) is 2. The van der Waals surface area contributed by atoms with Gasteiger partial charge in [0.15, 0.2) is 0 Å². The standard InChI is InChI=1S/C14H28N2O3/c1-4-6-11-16(12-7-5-2)14(19)15(3)10-8-9-13(17)18/h4-12H2,1-3H3,(H,17,18). The van der Waals surface area contributed by atoms with Crippen molar-refractivity contribution >= 4 is 12.0 Å². The van der Waals surface area contributed by atoms with Crippen molar-refractivity contribution in [2.45, 2.75) is 52.4 Å². The van der Waals surface area contributed by atoms with Crippen molar-refractivity contribution in [3.05, 3.63) is 0 Å². The van der Waals surface area contributed by atoms with Crippen LogP contribution in [0.25, 0.3) is 0 Å². The molecular weight excluding hydrogens is 244 g/mol. The Balaban J connectivity index is 4.21.